The first-order valence-corrected chi connectivity index (χ1v) is 6.94. The monoisotopic (exact) mass is 313 g/mol. The summed E-state index contributed by atoms with van der Waals surface area (Å²) < 4.78 is 65.6. The quantitative estimate of drug-likeness (QED) is 0.394. The highest BCUT2D eigenvalue weighted by Gasteiger charge is 2.27. The maximum atomic E-state index is 11.9. The van der Waals surface area contributed by atoms with Gasteiger partial charge in [0, 0.05) is 6.54 Å². The summed E-state index contributed by atoms with van der Waals surface area (Å²) in [5.41, 5.74) is 2.40. The maximum Gasteiger partial charge on any atom is 0.411 e. The molecule has 20 heavy (non-hydrogen) atoms. The van der Waals surface area contributed by atoms with Crippen molar-refractivity contribution in [3.63, 3.8) is 0 Å². The second-order valence-corrected chi connectivity index (χ2v) is 5.44. The number of sulfonamides is 1. The van der Waals surface area contributed by atoms with Crippen LogP contribution in [-0.4, -0.2) is 34.4 Å². The minimum Gasteiger partial charge on any atom is -0.371 e. The number of hydrazine groups is 1. The van der Waals surface area contributed by atoms with Crippen LogP contribution in [0.2, 0.25) is 0 Å². The van der Waals surface area contributed by atoms with Gasteiger partial charge in [0.15, 0.2) is 0 Å². The zero-order valence-corrected chi connectivity index (χ0v) is 11.1. The minimum absolute atomic E-state index is 0.0988. The molecule has 1 rings (SSSR count). The van der Waals surface area contributed by atoms with Gasteiger partial charge in [0.05, 0.1) is 12.3 Å². The van der Waals surface area contributed by atoms with E-state index in [0.29, 0.717) is 0 Å². The zero-order valence-electron chi connectivity index (χ0n) is 10.3. The van der Waals surface area contributed by atoms with E-state index in [-0.39, 0.29) is 17.1 Å². The van der Waals surface area contributed by atoms with Crippen LogP contribution in [0.4, 0.5) is 18.9 Å². The van der Waals surface area contributed by atoms with Crippen molar-refractivity contribution >= 4 is 15.7 Å². The number of para-hydroxylation sites is 1. The summed E-state index contributed by atoms with van der Waals surface area (Å²) in [6.45, 7) is -2.09. The van der Waals surface area contributed by atoms with Crippen LogP contribution in [0.3, 0.4) is 0 Å². The first-order chi connectivity index (χ1) is 9.26. The summed E-state index contributed by atoms with van der Waals surface area (Å²) in [5, 5.41) is 0. The molecule has 0 unspecified atom stereocenters. The maximum absolute atomic E-state index is 11.9. The molecular formula is C10H14F3N3O3S. The van der Waals surface area contributed by atoms with Gasteiger partial charge in [0.1, 0.15) is 11.5 Å². The molecule has 0 aliphatic rings. The Hall–Kier alpha value is -1.36. The third-order valence-corrected chi connectivity index (χ3v) is 3.66. The smallest absolute Gasteiger partial charge is 0.371 e. The molecule has 0 amide bonds. The third kappa shape index (κ3) is 5.33. The average molecular weight is 313 g/mol. The predicted molar refractivity (Wildman–Crippen MR) is 66.3 cm³/mol. The molecule has 0 heterocycles. The normalized spacial score (nSPS) is 12.4. The van der Waals surface area contributed by atoms with E-state index in [9.17, 15) is 21.6 Å². The molecule has 0 spiro atoms. The number of benzene rings is 1. The molecular weight excluding hydrogens is 299 g/mol. The average Bonchev–Trinajstić information content (AvgIpc) is 2.36. The van der Waals surface area contributed by atoms with Crippen LogP contribution in [0.5, 0.6) is 0 Å². The topological polar surface area (TPSA) is 93.5 Å². The molecule has 0 saturated carbocycles. The van der Waals surface area contributed by atoms with Crippen molar-refractivity contribution in [2.75, 3.05) is 25.2 Å². The van der Waals surface area contributed by atoms with Crippen molar-refractivity contribution in [3.8, 4) is 0 Å². The van der Waals surface area contributed by atoms with E-state index in [4.69, 9.17) is 5.84 Å². The highest BCUT2D eigenvalue weighted by atomic mass is 32.2. The number of hydrogen-bond acceptors (Lipinski definition) is 5. The number of alkyl halides is 3. The standard InChI is InChI=1S/C10H14F3N3O3S/c11-10(12,13)7-19-6-5-15-20(17,18)9-4-2-1-3-8(9)16-14/h1-4,15-16H,5-7,14H2. The fourth-order valence-electron chi connectivity index (χ4n) is 1.33. The van der Waals surface area contributed by atoms with Gasteiger partial charge in [0.2, 0.25) is 10.0 Å². The van der Waals surface area contributed by atoms with Crippen LogP contribution in [0, 0.1) is 0 Å². The number of hydrogen-bond donors (Lipinski definition) is 3. The van der Waals surface area contributed by atoms with E-state index in [1.165, 1.54) is 18.2 Å². The number of halogens is 3. The van der Waals surface area contributed by atoms with Gasteiger partial charge in [-0.1, -0.05) is 12.1 Å². The van der Waals surface area contributed by atoms with Crippen LogP contribution < -0.4 is 16.0 Å². The van der Waals surface area contributed by atoms with Gasteiger partial charge < -0.3 is 10.2 Å². The molecule has 0 fully saturated rings. The first-order valence-electron chi connectivity index (χ1n) is 5.46. The van der Waals surface area contributed by atoms with E-state index in [1.54, 1.807) is 6.07 Å². The summed E-state index contributed by atoms with van der Waals surface area (Å²) in [7, 11) is -3.87. The lowest BCUT2D eigenvalue weighted by Crippen LogP contribution is -2.29. The van der Waals surface area contributed by atoms with Crippen LogP contribution >= 0.6 is 0 Å². The molecule has 0 atom stereocenters. The van der Waals surface area contributed by atoms with Gasteiger partial charge >= 0.3 is 6.18 Å². The molecule has 0 aromatic heterocycles. The molecule has 6 nitrogen and oxygen atoms in total. The molecule has 0 radical (unpaired) electrons. The van der Waals surface area contributed by atoms with E-state index in [1.807, 2.05) is 0 Å². The lowest BCUT2D eigenvalue weighted by molar-refractivity contribution is -0.173. The molecule has 4 N–H and O–H groups in total. The van der Waals surface area contributed by atoms with Gasteiger partial charge in [-0.25, -0.2) is 13.1 Å². The molecule has 1 aromatic rings. The van der Waals surface area contributed by atoms with Crippen molar-refractivity contribution in [1.29, 1.82) is 0 Å². The molecule has 114 valence electrons. The Balaban J connectivity index is 2.54. The summed E-state index contributed by atoms with van der Waals surface area (Å²) in [6, 6.07) is 5.85. The first kappa shape index (κ1) is 16.7. The number of nitrogens with two attached hydrogens (primary N) is 1. The number of nitrogen functional groups attached to an aromatic ring is 1. The number of rotatable bonds is 7. The van der Waals surface area contributed by atoms with E-state index >= 15 is 0 Å². The van der Waals surface area contributed by atoms with Gasteiger partial charge in [0.25, 0.3) is 0 Å². The summed E-state index contributed by atoms with van der Waals surface area (Å²) in [5.74, 6) is 5.18. The Labute approximate surface area is 114 Å². The Morgan fingerprint density at radius 1 is 1.25 bits per heavy atom. The fourth-order valence-corrected chi connectivity index (χ4v) is 2.52. The summed E-state index contributed by atoms with van der Waals surface area (Å²) in [4.78, 5) is -0.0988. The Kier molecular flexibility index (Phi) is 5.74. The lowest BCUT2D eigenvalue weighted by Gasteiger charge is -2.11. The van der Waals surface area contributed by atoms with Gasteiger partial charge in [-0.15, -0.1) is 0 Å². The predicted octanol–water partition coefficient (Wildman–Crippen LogP) is 0.829. The van der Waals surface area contributed by atoms with Crippen LogP contribution in [0.1, 0.15) is 0 Å². The number of nitrogens with one attached hydrogen (secondary N) is 2. The van der Waals surface area contributed by atoms with Crippen molar-refractivity contribution in [2.24, 2.45) is 5.84 Å². The fraction of sp³-hybridized carbons (Fsp3) is 0.400. The molecule has 10 heteroatoms. The largest absolute Gasteiger partial charge is 0.411 e. The van der Waals surface area contributed by atoms with Crippen molar-refractivity contribution in [1.82, 2.24) is 4.72 Å². The highest BCUT2D eigenvalue weighted by Crippen LogP contribution is 2.19. The summed E-state index contributed by atoms with van der Waals surface area (Å²) in [6.07, 6.45) is -4.44. The molecule has 1 aromatic carbocycles. The molecule has 0 aliphatic carbocycles. The van der Waals surface area contributed by atoms with Crippen molar-refractivity contribution in [3.05, 3.63) is 24.3 Å². The zero-order chi connectivity index (χ0) is 15.2. The second kappa shape index (κ2) is 6.88. The van der Waals surface area contributed by atoms with Gasteiger partial charge in [-0.2, -0.15) is 13.2 Å². The SMILES string of the molecule is NNc1ccccc1S(=O)(=O)NCCOCC(F)(F)F. The van der Waals surface area contributed by atoms with Crippen LogP contribution in [-0.2, 0) is 14.8 Å². The molecule has 0 aliphatic heterocycles. The Morgan fingerprint density at radius 2 is 1.90 bits per heavy atom. The van der Waals surface area contributed by atoms with Crippen molar-refractivity contribution in [2.45, 2.75) is 11.1 Å². The van der Waals surface area contributed by atoms with E-state index in [2.05, 4.69) is 14.9 Å². The third-order valence-electron chi connectivity index (χ3n) is 2.14. The van der Waals surface area contributed by atoms with Crippen molar-refractivity contribution < 1.29 is 26.3 Å². The second-order valence-electron chi connectivity index (χ2n) is 3.71. The van der Waals surface area contributed by atoms with Gasteiger partial charge in [-0.3, -0.25) is 5.84 Å². The van der Waals surface area contributed by atoms with E-state index < -0.39 is 29.4 Å². The van der Waals surface area contributed by atoms with E-state index in [0.717, 1.165) is 0 Å². The summed E-state index contributed by atoms with van der Waals surface area (Å²) >= 11 is 0. The minimum atomic E-state index is -4.44. The molecule has 0 bridgehead atoms. The van der Waals surface area contributed by atoms with Crippen LogP contribution in [0.15, 0.2) is 29.2 Å². The highest BCUT2D eigenvalue weighted by molar-refractivity contribution is 7.89. The number of ether oxygens (including phenoxy) is 1. The Bertz CT molecular complexity index is 534. The number of anilines is 1. The lowest BCUT2D eigenvalue weighted by atomic mass is 10.3. The van der Waals surface area contributed by atoms with Crippen LogP contribution in [0.25, 0.3) is 0 Å². The Morgan fingerprint density at radius 3 is 2.50 bits per heavy atom. The van der Waals surface area contributed by atoms with Gasteiger partial charge in [-0.05, 0) is 12.1 Å². The molecule has 0 saturated heterocycles.